The first-order valence-corrected chi connectivity index (χ1v) is 18.3. The molecule has 2 aromatic carbocycles. The number of nitrogens with one attached hydrogen (secondary N) is 1. The highest BCUT2D eigenvalue weighted by atomic mass is 32.1. The first kappa shape index (κ1) is 34.1. The first-order valence-electron chi connectivity index (χ1n) is 16.3. The molecule has 0 radical (unpaired) electrons. The van der Waals surface area contributed by atoms with E-state index in [-0.39, 0.29) is 47.0 Å². The Morgan fingerprint density at radius 2 is 1.75 bits per heavy atom. The third-order valence-electron chi connectivity index (χ3n) is 9.73. The molecule has 0 bridgehead atoms. The molecule has 3 fully saturated rings. The zero-order chi connectivity index (χ0) is 34.2. The van der Waals surface area contributed by atoms with Crippen molar-refractivity contribution in [2.24, 2.45) is 0 Å². The van der Waals surface area contributed by atoms with Crippen LogP contribution < -0.4 is 5.32 Å². The summed E-state index contributed by atoms with van der Waals surface area (Å²) >= 11 is 1.03. The fourth-order valence-corrected chi connectivity index (χ4v) is 8.38. The van der Waals surface area contributed by atoms with Gasteiger partial charge in [-0.25, -0.2) is 0 Å². The number of hydrogen-bond donors (Lipinski definition) is 2. The minimum Gasteiger partial charge on any atom is -0.341 e. The van der Waals surface area contributed by atoms with Crippen LogP contribution in [0.2, 0.25) is 0 Å². The molecule has 0 spiro atoms. The molecule has 2 N–H and O–H groups in total. The zero-order valence-corrected chi connectivity index (χ0v) is 28.2. The molecule has 254 valence electrons. The molecule has 1 aromatic heterocycles. The van der Waals surface area contributed by atoms with E-state index in [4.69, 9.17) is 4.89 Å². The Balaban J connectivity index is 1.26. The summed E-state index contributed by atoms with van der Waals surface area (Å²) in [6.45, 7) is 3.55. The van der Waals surface area contributed by atoms with Gasteiger partial charge in [-0.15, -0.1) is 20.1 Å². The molecule has 3 aliphatic rings. The third-order valence-corrected chi connectivity index (χ3v) is 11.6. The van der Waals surface area contributed by atoms with Gasteiger partial charge < -0.3 is 20.0 Å². The molecule has 6 rings (SSSR count). The van der Waals surface area contributed by atoms with Crippen LogP contribution >= 0.6 is 19.4 Å². The highest BCUT2D eigenvalue weighted by Crippen LogP contribution is 2.48. The Morgan fingerprint density at radius 3 is 2.46 bits per heavy atom. The molecule has 3 aliphatic heterocycles. The van der Waals surface area contributed by atoms with Crippen LogP contribution in [-0.2, 0) is 24.6 Å². The summed E-state index contributed by atoms with van der Waals surface area (Å²) in [6.07, 6.45) is 3.69. The number of carbonyl (C=O) groups is 4. The number of amides is 4. The van der Waals surface area contributed by atoms with Gasteiger partial charge in [-0.3, -0.25) is 19.2 Å². The van der Waals surface area contributed by atoms with Gasteiger partial charge in [-0.2, -0.15) is 4.89 Å². The van der Waals surface area contributed by atoms with Crippen molar-refractivity contribution in [3.8, 4) is 0 Å². The molecule has 0 aliphatic carbocycles. The van der Waals surface area contributed by atoms with Crippen molar-refractivity contribution in [1.29, 1.82) is 0 Å². The van der Waals surface area contributed by atoms with Gasteiger partial charge in [0.15, 0.2) is 0 Å². The van der Waals surface area contributed by atoms with E-state index in [0.717, 1.165) is 41.9 Å². The Labute approximate surface area is 281 Å². The number of thiophene rings is 1. The van der Waals surface area contributed by atoms with Crippen LogP contribution in [0.4, 0.5) is 8.78 Å². The normalized spacial score (nSPS) is 22.7. The number of hydrogen-bond acceptors (Lipinski definition) is 6. The lowest BCUT2D eigenvalue weighted by atomic mass is 9.96. The van der Waals surface area contributed by atoms with E-state index < -0.39 is 43.2 Å². The van der Waals surface area contributed by atoms with Crippen molar-refractivity contribution in [3.05, 3.63) is 70.6 Å². The van der Waals surface area contributed by atoms with Crippen LogP contribution in [0.5, 0.6) is 0 Å². The summed E-state index contributed by atoms with van der Waals surface area (Å²) < 4.78 is 40.3. The smallest absolute Gasteiger partial charge is 0.341 e. The third kappa shape index (κ3) is 6.86. The summed E-state index contributed by atoms with van der Waals surface area (Å²) in [6, 6.07) is 12.5. The lowest BCUT2D eigenvalue weighted by Gasteiger charge is -2.39. The average molecular weight is 700 g/mol. The number of benzene rings is 2. The van der Waals surface area contributed by atoms with E-state index in [2.05, 4.69) is 5.32 Å². The van der Waals surface area contributed by atoms with E-state index in [1.165, 1.54) is 12.1 Å². The molecule has 3 aromatic rings. The van der Waals surface area contributed by atoms with Crippen LogP contribution in [0, 0.1) is 0 Å². The molecule has 5 atom stereocenters. The van der Waals surface area contributed by atoms with Gasteiger partial charge >= 0.3 is 13.7 Å². The number of alkyl halides is 2. The Morgan fingerprint density at radius 1 is 1.02 bits per heavy atom. The van der Waals surface area contributed by atoms with Crippen LogP contribution in [0.1, 0.15) is 72.2 Å². The number of rotatable bonds is 8. The fourth-order valence-electron chi connectivity index (χ4n) is 7.07. The van der Waals surface area contributed by atoms with Crippen molar-refractivity contribution < 1.29 is 37.4 Å². The summed E-state index contributed by atoms with van der Waals surface area (Å²) in [5.74, 6) is -1.35. The second-order valence-electron chi connectivity index (χ2n) is 12.9. The number of fused-ring (bicyclic) bond motifs is 2. The van der Waals surface area contributed by atoms with E-state index in [1.807, 2.05) is 37.3 Å². The maximum atomic E-state index is 14.4. The molecular formula is C34H38F2N4O6PS+. The Bertz CT molecular complexity index is 1730. The molecule has 4 heterocycles. The quantitative estimate of drug-likeness (QED) is 0.312. The van der Waals surface area contributed by atoms with Crippen LogP contribution in [0.15, 0.2) is 54.6 Å². The van der Waals surface area contributed by atoms with E-state index in [1.54, 1.807) is 14.7 Å². The van der Waals surface area contributed by atoms with Gasteiger partial charge in [0, 0.05) is 43.3 Å². The van der Waals surface area contributed by atoms with Gasteiger partial charge in [-0.1, -0.05) is 37.3 Å². The molecule has 48 heavy (non-hydrogen) atoms. The van der Waals surface area contributed by atoms with Gasteiger partial charge in [0.2, 0.25) is 17.7 Å². The number of carbonyl (C=O) groups excluding carboxylic acids is 4. The van der Waals surface area contributed by atoms with Crippen LogP contribution in [0.3, 0.4) is 0 Å². The second kappa shape index (κ2) is 14.0. The van der Waals surface area contributed by atoms with Gasteiger partial charge in [0.05, 0.1) is 10.4 Å². The lowest BCUT2D eigenvalue weighted by molar-refractivity contribution is -0.148. The molecule has 4 amide bonds. The van der Waals surface area contributed by atoms with Crippen molar-refractivity contribution in [2.75, 3.05) is 26.2 Å². The predicted molar refractivity (Wildman–Crippen MR) is 177 cm³/mol. The lowest BCUT2D eigenvalue weighted by Crippen LogP contribution is -2.61. The maximum Gasteiger partial charge on any atom is 0.589 e. The average Bonchev–Trinajstić information content (AvgIpc) is 3.85. The highest BCUT2D eigenvalue weighted by molar-refractivity contribution is 7.39. The number of likely N-dealkylation sites (tertiary alicyclic amines) is 1. The molecule has 1 unspecified atom stereocenters. The summed E-state index contributed by atoms with van der Waals surface area (Å²) in [5, 5.41) is 3.10. The molecule has 3 saturated heterocycles. The largest absolute Gasteiger partial charge is 0.589 e. The Kier molecular flexibility index (Phi) is 9.92. The van der Waals surface area contributed by atoms with Gasteiger partial charge in [0.25, 0.3) is 5.91 Å². The monoisotopic (exact) mass is 699 g/mol. The minimum atomic E-state index is -3.96. The second-order valence-corrected chi connectivity index (χ2v) is 15.1. The summed E-state index contributed by atoms with van der Waals surface area (Å²) in [4.78, 5) is 69.6. The van der Waals surface area contributed by atoms with Crippen molar-refractivity contribution >= 4 is 53.1 Å². The standard InChI is InChI=1S/C34H37F2N4O6PS/c1-21(22-7-3-2-4-8-22)17-30(41)39-16-13-25-10-11-27(33(44)38-14-5-6-15-38)40(25)32(43)26(20-39)37-31(42)29-19-23-18-24(9-12-28(23)48-29)34(35,36)47(45)46/h2-4,7-9,12,18-19,21,25-27H,5-6,10-11,13-17,20H2,1H3,(H-,37,42,45,46)/p+1/t21-,25+,26-,27-/m0/s1. The SMILES string of the molecule is C[C@@H](CC(=O)N1CC[C@H]2CC[C@@H](C(=O)N3CCCC3)N2C(=O)[C@@H](NC(=O)c2cc3cc(C(F)(F)[P+](=O)O)ccc3s2)C1)c1ccccc1. The number of nitrogens with zero attached hydrogens (tertiary/aromatic N) is 3. The first-order chi connectivity index (χ1) is 22.9. The summed E-state index contributed by atoms with van der Waals surface area (Å²) in [7, 11) is -3.81. The van der Waals surface area contributed by atoms with Gasteiger partial charge in [0.1, 0.15) is 12.1 Å². The van der Waals surface area contributed by atoms with Crippen LogP contribution in [-0.4, -0.2) is 87.5 Å². The molecular weight excluding hydrogens is 661 g/mol. The van der Waals surface area contributed by atoms with Gasteiger partial charge in [-0.05, 0) is 77.8 Å². The topological polar surface area (TPSA) is 127 Å². The molecule has 0 saturated carbocycles. The molecule has 14 heteroatoms. The summed E-state index contributed by atoms with van der Waals surface area (Å²) in [5.41, 5.74) is -3.59. The predicted octanol–water partition coefficient (Wildman–Crippen LogP) is 5.19. The maximum absolute atomic E-state index is 14.4. The van der Waals surface area contributed by atoms with Crippen molar-refractivity contribution in [2.45, 2.75) is 75.2 Å². The van der Waals surface area contributed by atoms with E-state index >= 15 is 0 Å². The Hall–Kier alpha value is -3.80. The number of halogens is 2. The van der Waals surface area contributed by atoms with E-state index in [9.17, 15) is 32.5 Å². The molecule has 10 nitrogen and oxygen atoms in total. The van der Waals surface area contributed by atoms with Crippen molar-refractivity contribution in [3.63, 3.8) is 0 Å². The highest BCUT2D eigenvalue weighted by Gasteiger charge is 2.53. The van der Waals surface area contributed by atoms with E-state index in [0.29, 0.717) is 43.6 Å². The fraction of sp³-hybridized carbons (Fsp3) is 0.471. The van der Waals surface area contributed by atoms with Crippen molar-refractivity contribution in [1.82, 2.24) is 20.0 Å². The minimum absolute atomic E-state index is 0.0712. The zero-order valence-electron chi connectivity index (χ0n) is 26.5. The van der Waals surface area contributed by atoms with Crippen LogP contribution in [0.25, 0.3) is 10.1 Å².